The lowest BCUT2D eigenvalue weighted by molar-refractivity contribution is -0.390. The van der Waals surface area contributed by atoms with Gasteiger partial charge in [-0.25, -0.2) is 0 Å². The maximum Gasteiger partial charge on any atom is 0.404 e. The molecular formula is C9H15BrN4O2. The van der Waals surface area contributed by atoms with E-state index in [1.807, 2.05) is 0 Å². The highest BCUT2D eigenvalue weighted by atomic mass is 79.9. The van der Waals surface area contributed by atoms with E-state index in [4.69, 9.17) is 0 Å². The number of halogens is 1. The van der Waals surface area contributed by atoms with Gasteiger partial charge in [-0.3, -0.25) is 0 Å². The molecule has 16 heavy (non-hydrogen) atoms. The van der Waals surface area contributed by atoms with E-state index in [9.17, 15) is 10.1 Å². The third-order valence-corrected chi connectivity index (χ3v) is 2.97. The van der Waals surface area contributed by atoms with E-state index in [1.165, 1.54) is 0 Å². The molecule has 1 rings (SSSR count). The molecule has 0 aliphatic carbocycles. The van der Waals surface area contributed by atoms with Gasteiger partial charge in [0.2, 0.25) is 0 Å². The molecule has 0 aromatic carbocycles. The van der Waals surface area contributed by atoms with E-state index < -0.39 is 4.92 Å². The summed E-state index contributed by atoms with van der Waals surface area (Å²) in [4.78, 5) is 12.3. The molecule has 0 aliphatic rings. The minimum Gasteiger partial charge on any atom is -0.358 e. The van der Waals surface area contributed by atoms with Crippen LogP contribution in [0.1, 0.15) is 13.8 Å². The molecule has 0 saturated heterocycles. The van der Waals surface area contributed by atoms with Crippen molar-refractivity contribution in [2.45, 2.75) is 20.4 Å². The van der Waals surface area contributed by atoms with Gasteiger partial charge in [-0.2, -0.15) is 4.68 Å². The molecule has 0 atom stereocenters. The second-order valence-electron chi connectivity index (χ2n) is 3.35. The number of hydrogen-bond donors (Lipinski definition) is 0. The van der Waals surface area contributed by atoms with Crippen LogP contribution in [0.2, 0.25) is 0 Å². The Morgan fingerprint density at radius 3 is 2.62 bits per heavy atom. The van der Waals surface area contributed by atoms with Crippen molar-refractivity contribution in [3.8, 4) is 0 Å². The van der Waals surface area contributed by atoms with Crippen LogP contribution >= 0.6 is 15.9 Å². The van der Waals surface area contributed by atoms with Crippen molar-refractivity contribution in [1.82, 2.24) is 14.7 Å². The zero-order valence-corrected chi connectivity index (χ0v) is 11.0. The molecule has 1 aromatic rings. The number of likely N-dealkylation sites (N-methyl/N-ethyl adjacent to an activating group) is 1. The molecule has 6 nitrogen and oxygen atoms in total. The van der Waals surface area contributed by atoms with Gasteiger partial charge in [-0.05, 0) is 33.9 Å². The van der Waals surface area contributed by atoms with Crippen LogP contribution in [0.15, 0.2) is 10.7 Å². The first kappa shape index (κ1) is 13.1. The first-order valence-corrected chi connectivity index (χ1v) is 5.97. The highest BCUT2D eigenvalue weighted by molar-refractivity contribution is 9.10. The highest BCUT2D eigenvalue weighted by Gasteiger charge is 2.18. The van der Waals surface area contributed by atoms with Crippen LogP contribution < -0.4 is 0 Å². The Morgan fingerprint density at radius 2 is 2.19 bits per heavy atom. The van der Waals surface area contributed by atoms with Crippen molar-refractivity contribution in [3.63, 3.8) is 0 Å². The Labute approximate surface area is 103 Å². The Hall–Kier alpha value is -0.950. The third kappa shape index (κ3) is 3.28. The minimum atomic E-state index is -0.488. The lowest BCUT2D eigenvalue weighted by Gasteiger charge is -2.16. The number of nitrogens with zero attached hydrogens (tertiary/aromatic N) is 4. The van der Waals surface area contributed by atoms with Gasteiger partial charge in [0.1, 0.15) is 4.47 Å². The standard InChI is InChI=1S/C9H15BrN4O2/c1-3-12(4-2)5-6-13-7-8(10)9(11-13)14(15)16/h7H,3-6H2,1-2H3. The first-order chi connectivity index (χ1) is 7.58. The van der Waals surface area contributed by atoms with Gasteiger partial charge in [-0.1, -0.05) is 13.8 Å². The summed E-state index contributed by atoms with van der Waals surface area (Å²) in [5.74, 6) is -0.125. The van der Waals surface area contributed by atoms with Crippen LogP contribution in [0.4, 0.5) is 5.82 Å². The smallest absolute Gasteiger partial charge is 0.358 e. The summed E-state index contributed by atoms with van der Waals surface area (Å²) in [6, 6.07) is 0. The highest BCUT2D eigenvalue weighted by Crippen LogP contribution is 2.21. The van der Waals surface area contributed by atoms with E-state index in [0.29, 0.717) is 11.0 Å². The van der Waals surface area contributed by atoms with Crippen LogP contribution in [0.25, 0.3) is 0 Å². The summed E-state index contributed by atoms with van der Waals surface area (Å²) in [5, 5.41) is 14.5. The number of nitro groups is 1. The lowest BCUT2D eigenvalue weighted by atomic mass is 10.5. The monoisotopic (exact) mass is 290 g/mol. The topological polar surface area (TPSA) is 64.2 Å². The fourth-order valence-corrected chi connectivity index (χ4v) is 1.87. The van der Waals surface area contributed by atoms with E-state index in [0.717, 1.165) is 19.6 Å². The lowest BCUT2D eigenvalue weighted by Crippen LogP contribution is -2.27. The number of hydrogen-bond acceptors (Lipinski definition) is 4. The molecule has 0 amide bonds. The maximum absolute atomic E-state index is 10.6. The Balaban J connectivity index is 2.61. The SMILES string of the molecule is CCN(CC)CCn1cc(Br)c([N+](=O)[O-])n1. The van der Waals surface area contributed by atoms with E-state index in [-0.39, 0.29) is 5.82 Å². The van der Waals surface area contributed by atoms with Gasteiger partial charge in [0.15, 0.2) is 0 Å². The van der Waals surface area contributed by atoms with Crippen LogP contribution in [-0.2, 0) is 6.54 Å². The van der Waals surface area contributed by atoms with Crippen molar-refractivity contribution in [2.75, 3.05) is 19.6 Å². The molecule has 90 valence electrons. The van der Waals surface area contributed by atoms with Crippen molar-refractivity contribution >= 4 is 21.7 Å². The summed E-state index contributed by atoms with van der Waals surface area (Å²) in [6.07, 6.45) is 1.64. The van der Waals surface area contributed by atoms with Gasteiger partial charge in [0.25, 0.3) is 0 Å². The zero-order chi connectivity index (χ0) is 12.1. The normalized spacial score (nSPS) is 11.0. The minimum absolute atomic E-state index is 0.125. The molecule has 1 heterocycles. The Morgan fingerprint density at radius 1 is 1.56 bits per heavy atom. The zero-order valence-electron chi connectivity index (χ0n) is 9.39. The molecule has 0 fully saturated rings. The fourth-order valence-electron chi connectivity index (χ4n) is 1.41. The average Bonchev–Trinajstić information content (AvgIpc) is 2.61. The van der Waals surface area contributed by atoms with Crippen LogP contribution in [0, 0.1) is 10.1 Å². The van der Waals surface area contributed by atoms with E-state index in [2.05, 4.69) is 39.8 Å². The largest absolute Gasteiger partial charge is 0.404 e. The van der Waals surface area contributed by atoms with Crippen LogP contribution in [0.3, 0.4) is 0 Å². The molecule has 0 N–H and O–H groups in total. The maximum atomic E-state index is 10.6. The summed E-state index contributed by atoms with van der Waals surface area (Å²) >= 11 is 3.12. The van der Waals surface area contributed by atoms with Crippen molar-refractivity contribution in [3.05, 3.63) is 20.8 Å². The third-order valence-electron chi connectivity index (χ3n) is 2.41. The van der Waals surface area contributed by atoms with Gasteiger partial charge < -0.3 is 15.0 Å². The molecule has 0 spiro atoms. The molecular weight excluding hydrogens is 276 g/mol. The van der Waals surface area contributed by atoms with Gasteiger partial charge in [0, 0.05) is 6.54 Å². The predicted octanol–water partition coefficient (Wildman–Crippen LogP) is 1.90. The summed E-state index contributed by atoms with van der Waals surface area (Å²) < 4.78 is 2.03. The van der Waals surface area contributed by atoms with E-state index in [1.54, 1.807) is 10.9 Å². The molecule has 7 heteroatoms. The summed E-state index contributed by atoms with van der Waals surface area (Å²) in [7, 11) is 0. The van der Waals surface area contributed by atoms with Gasteiger partial charge >= 0.3 is 5.82 Å². The van der Waals surface area contributed by atoms with Crippen molar-refractivity contribution in [2.24, 2.45) is 0 Å². The quantitative estimate of drug-likeness (QED) is 0.593. The molecule has 0 saturated carbocycles. The van der Waals surface area contributed by atoms with Gasteiger partial charge in [0.05, 0.1) is 17.8 Å². The van der Waals surface area contributed by atoms with Crippen molar-refractivity contribution in [1.29, 1.82) is 0 Å². The first-order valence-electron chi connectivity index (χ1n) is 5.18. The molecule has 0 aliphatic heterocycles. The number of rotatable bonds is 6. The van der Waals surface area contributed by atoms with E-state index >= 15 is 0 Å². The Kier molecular flexibility index (Phi) is 4.88. The summed E-state index contributed by atoms with van der Waals surface area (Å²) in [5.41, 5.74) is 0. The van der Waals surface area contributed by atoms with Crippen LogP contribution in [-0.4, -0.2) is 39.2 Å². The Bertz CT molecular complexity index is 362. The molecule has 0 unspecified atom stereocenters. The molecule has 1 aromatic heterocycles. The number of aromatic nitrogens is 2. The second-order valence-corrected chi connectivity index (χ2v) is 4.20. The molecule has 0 radical (unpaired) electrons. The predicted molar refractivity (Wildman–Crippen MR) is 64.4 cm³/mol. The molecule has 0 bridgehead atoms. The fraction of sp³-hybridized carbons (Fsp3) is 0.667. The van der Waals surface area contributed by atoms with Crippen molar-refractivity contribution < 1.29 is 4.92 Å². The van der Waals surface area contributed by atoms with Gasteiger partial charge in [-0.15, -0.1) is 0 Å². The summed E-state index contributed by atoms with van der Waals surface area (Å²) in [6.45, 7) is 7.63. The van der Waals surface area contributed by atoms with Crippen LogP contribution in [0.5, 0.6) is 0 Å². The average molecular weight is 291 g/mol. The second kappa shape index (κ2) is 5.95.